The lowest BCUT2D eigenvalue weighted by Gasteiger charge is -2.28. The maximum atomic E-state index is 12.4. The van der Waals surface area contributed by atoms with Crippen molar-refractivity contribution in [3.8, 4) is 0 Å². The van der Waals surface area contributed by atoms with Crippen molar-refractivity contribution in [1.82, 2.24) is 4.31 Å². The van der Waals surface area contributed by atoms with E-state index in [0.29, 0.717) is 6.54 Å². The van der Waals surface area contributed by atoms with Gasteiger partial charge in [0.1, 0.15) is 6.04 Å². The molecule has 0 fully saturated rings. The van der Waals surface area contributed by atoms with Crippen molar-refractivity contribution in [3.05, 3.63) is 78.9 Å². The molecule has 2 aromatic carbocycles. The van der Waals surface area contributed by atoms with E-state index in [-0.39, 0.29) is 12.0 Å². The molecule has 0 aromatic heterocycles. The number of benzene rings is 2. The molecule has 0 bridgehead atoms. The molecular weight excluding hydrogens is 330 g/mol. The van der Waals surface area contributed by atoms with Crippen LogP contribution < -0.4 is 0 Å². The van der Waals surface area contributed by atoms with Crippen LogP contribution in [0.3, 0.4) is 0 Å². The fourth-order valence-corrected chi connectivity index (χ4v) is 3.64. The molecule has 0 amide bonds. The molecule has 3 nitrogen and oxygen atoms in total. The van der Waals surface area contributed by atoms with E-state index < -0.39 is 0 Å². The van der Waals surface area contributed by atoms with Crippen molar-refractivity contribution >= 4 is 17.9 Å². The number of esters is 1. The first-order valence-corrected chi connectivity index (χ1v) is 9.24. The molecule has 0 aliphatic carbocycles. The largest absolute Gasteiger partial charge is 0.468 e. The first-order valence-electron chi connectivity index (χ1n) is 8.47. The van der Waals surface area contributed by atoms with Crippen LogP contribution in [0.25, 0.3) is 0 Å². The average Bonchev–Trinajstić information content (AvgIpc) is 2.66. The summed E-state index contributed by atoms with van der Waals surface area (Å²) < 4.78 is 7.20. The van der Waals surface area contributed by atoms with Crippen LogP contribution in [-0.2, 0) is 16.1 Å². The Bertz CT molecular complexity index is 604. The predicted octanol–water partition coefficient (Wildman–Crippen LogP) is 5.09. The monoisotopic (exact) mass is 355 g/mol. The van der Waals surface area contributed by atoms with Crippen LogP contribution in [0.2, 0.25) is 0 Å². The summed E-state index contributed by atoms with van der Waals surface area (Å²) in [5.74, 6) is -0.191. The van der Waals surface area contributed by atoms with Gasteiger partial charge in [-0.05, 0) is 48.9 Å². The minimum Gasteiger partial charge on any atom is -0.468 e. The van der Waals surface area contributed by atoms with E-state index in [4.69, 9.17) is 4.74 Å². The molecule has 2 aromatic rings. The van der Waals surface area contributed by atoms with E-state index >= 15 is 0 Å². The minimum absolute atomic E-state index is 0.191. The molecule has 132 valence electrons. The Balaban J connectivity index is 2.22. The molecule has 0 spiro atoms. The van der Waals surface area contributed by atoms with Crippen molar-refractivity contribution in [2.24, 2.45) is 0 Å². The van der Waals surface area contributed by atoms with Gasteiger partial charge in [0.2, 0.25) is 0 Å². The molecule has 4 heteroatoms. The maximum absolute atomic E-state index is 12.4. The van der Waals surface area contributed by atoms with E-state index in [1.165, 1.54) is 12.7 Å². The van der Waals surface area contributed by atoms with Gasteiger partial charge in [0, 0.05) is 11.4 Å². The Hall–Kier alpha value is -2.04. The van der Waals surface area contributed by atoms with Crippen LogP contribution in [0, 0.1) is 0 Å². The summed E-state index contributed by atoms with van der Waals surface area (Å²) in [6.45, 7) is 4.44. The van der Waals surface area contributed by atoms with Gasteiger partial charge in [-0.3, -0.25) is 4.79 Å². The van der Waals surface area contributed by atoms with Gasteiger partial charge in [-0.2, -0.15) is 0 Å². The lowest BCUT2D eigenvalue weighted by molar-refractivity contribution is -0.145. The Labute approximate surface area is 154 Å². The van der Waals surface area contributed by atoms with E-state index in [2.05, 4.69) is 35.1 Å². The third-order valence-corrected chi connectivity index (χ3v) is 4.95. The van der Waals surface area contributed by atoms with Gasteiger partial charge >= 0.3 is 5.97 Å². The second kappa shape index (κ2) is 10.7. The summed E-state index contributed by atoms with van der Waals surface area (Å²) in [4.78, 5) is 13.5. The Morgan fingerprint density at radius 2 is 1.80 bits per heavy atom. The molecule has 0 aliphatic heterocycles. The van der Waals surface area contributed by atoms with Crippen molar-refractivity contribution in [2.45, 2.75) is 36.7 Å². The summed E-state index contributed by atoms with van der Waals surface area (Å²) in [7, 11) is 1.46. The topological polar surface area (TPSA) is 29.5 Å². The van der Waals surface area contributed by atoms with E-state index in [9.17, 15) is 4.79 Å². The average molecular weight is 356 g/mol. The molecule has 1 atom stereocenters. The second-order valence-electron chi connectivity index (χ2n) is 5.72. The molecule has 0 aliphatic rings. The molecule has 0 saturated heterocycles. The van der Waals surface area contributed by atoms with Crippen molar-refractivity contribution in [3.63, 3.8) is 0 Å². The summed E-state index contributed by atoms with van der Waals surface area (Å²) >= 11 is 1.60. The van der Waals surface area contributed by atoms with Crippen molar-refractivity contribution in [2.75, 3.05) is 7.11 Å². The third-order valence-electron chi connectivity index (χ3n) is 3.85. The molecule has 0 radical (unpaired) electrons. The smallest absolute Gasteiger partial charge is 0.324 e. The molecular formula is C21H25NO2S. The second-order valence-corrected chi connectivity index (χ2v) is 6.85. The van der Waals surface area contributed by atoms with E-state index in [1.807, 2.05) is 42.5 Å². The Morgan fingerprint density at radius 3 is 2.40 bits per heavy atom. The van der Waals surface area contributed by atoms with Gasteiger partial charge in [0.05, 0.1) is 7.11 Å². The summed E-state index contributed by atoms with van der Waals surface area (Å²) in [6.07, 6.45) is 4.43. The number of methoxy groups -OCH3 is 1. The van der Waals surface area contributed by atoms with E-state index in [0.717, 1.165) is 24.2 Å². The first kappa shape index (κ1) is 19.3. The standard InChI is InChI=1S/C21H25NO2S/c1-3-4-7-16-20(21(23)24-2)22(17-18-12-8-5-9-13-18)25-19-14-10-6-11-15-19/h3,5-6,8-15,20H,1,4,7,16-17H2,2H3/t20-/m0/s1. The van der Waals surface area contributed by atoms with Gasteiger partial charge in [0.25, 0.3) is 0 Å². The van der Waals surface area contributed by atoms with Crippen LogP contribution >= 0.6 is 11.9 Å². The number of hydrogen-bond donors (Lipinski definition) is 0. The highest BCUT2D eigenvalue weighted by Gasteiger charge is 2.27. The SMILES string of the molecule is C=CCCC[C@@H](C(=O)OC)N(Cc1ccccc1)Sc1ccccc1. The van der Waals surface area contributed by atoms with E-state index in [1.54, 1.807) is 11.9 Å². The zero-order valence-electron chi connectivity index (χ0n) is 14.6. The fraction of sp³-hybridized carbons (Fsp3) is 0.286. The lowest BCUT2D eigenvalue weighted by Crippen LogP contribution is -2.37. The number of rotatable bonds is 10. The highest BCUT2D eigenvalue weighted by Crippen LogP contribution is 2.29. The van der Waals surface area contributed by atoms with Gasteiger partial charge in [0.15, 0.2) is 0 Å². The summed E-state index contributed by atoms with van der Waals surface area (Å²) in [5, 5.41) is 0. The minimum atomic E-state index is -0.296. The molecule has 0 heterocycles. The van der Waals surface area contributed by atoms with Crippen LogP contribution in [0.5, 0.6) is 0 Å². The first-order chi connectivity index (χ1) is 12.2. The number of carbonyl (C=O) groups is 1. The number of nitrogens with zero attached hydrogens (tertiary/aromatic N) is 1. The molecule has 0 saturated carbocycles. The molecule has 0 unspecified atom stereocenters. The van der Waals surface area contributed by atoms with Gasteiger partial charge < -0.3 is 4.74 Å². The fourth-order valence-electron chi connectivity index (χ4n) is 2.56. The number of unbranched alkanes of at least 4 members (excludes halogenated alkanes) is 1. The summed E-state index contributed by atoms with van der Waals surface area (Å²) in [5.41, 5.74) is 1.17. The quantitative estimate of drug-likeness (QED) is 0.257. The molecule has 25 heavy (non-hydrogen) atoms. The Morgan fingerprint density at radius 1 is 1.16 bits per heavy atom. The van der Waals surface area contributed by atoms with Crippen LogP contribution in [-0.4, -0.2) is 23.4 Å². The highest BCUT2D eigenvalue weighted by molar-refractivity contribution is 7.97. The normalized spacial score (nSPS) is 11.9. The van der Waals surface area contributed by atoms with Crippen LogP contribution in [0.1, 0.15) is 24.8 Å². The lowest BCUT2D eigenvalue weighted by atomic mass is 10.1. The van der Waals surface area contributed by atoms with Crippen LogP contribution in [0.4, 0.5) is 0 Å². The summed E-state index contributed by atoms with van der Waals surface area (Å²) in [6, 6.07) is 20.0. The maximum Gasteiger partial charge on any atom is 0.324 e. The zero-order valence-corrected chi connectivity index (χ0v) is 15.5. The zero-order chi connectivity index (χ0) is 17.9. The number of allylic oxidation sites excluding steroid dienone is 1. The molecule has 2 rings (SSSR count). The number of carbonyl (C=O) groups excluding carboxylic acids is 1. The third kappa shape index (κ3) is 6.40. The van der Waals surface area contributed by atoms with Crippen molar-refractivity contribution in [1.29, 1.82) is 0 Å². The number of ether oxygens (including phenoxy) is 1. The van der Waals surface area contributed by atoms with Crippen LogP contribution in [0.15, 0.2) is 78.2 Å². The van der Waals surface area contributed by atoms with Crippen molar-refractivity contribution < 1.29 is 9.53 Å². The van der Waals surface area contributed by atoms with Gasteiger partial charge in [-0.1, -0.05) is 54.6 Å². The Kier molecular flexibility index (Phi) is 8.29. The molecule has 0 N–H and O–H groups in total. The highest BCUT2D eigenvalue weighted by atomic mass is 32.2. The van der Waals surface area contributed by atoms with Gasteiger partial charge in [-0.25, -0.2) is 4.31 Å². The number of hydrogen-bond acceptors (Lipinski definition) is 4. The van der Waals surface area contributed by atoms with Gasteiger partial charge in [-0.15, -0.1) is 6.58 Å². The predicted molar refractivity (Wildman–Crippen MR) is 104 cm³/mol.